The van der Waals surface area contributed by atoms with Crippen LogP contribution in [0.5, 0.6) is 0 Å². The van der Waals surface area contributed by atoms with Crippen LogP contribution in [0.3, 0.4) is 0 Å². The number of pyridine rings is 1. The lowest BCUT2D eigenvalue weighted by atomic mass is 10.1. The van der Waals surface area contributed by atoms with Crippen LogP contribution in [-0.2, 0) is 16.0 Å². The SMILES string of the molecule is CCc1ncc(C(C)NC(=O)C2=C[C@H](C)NC(NC(=O)C(C)C)=C2)cc1Cl. The topological polar surface area (TPSA) is 83.1 Å². The lowest BCUT2D eigenvalue weighted by molar-refractivity contribution is -0.123. The van der Waals surface area contributed by atoms with Crippen molar-refractivity contribution in [2.75, 3.05) is 0 Å². The van der Waals surface area contributed by atoms with Crippen LogP contribution < -0.4 is 16.0 Å². The van der Waals surface area contributed by atoms with Crippen molar-refractivity contribution in [3.8, 4) is 0 Å². The van der Waals surface area contributed by atoms with Gasteiger partial charge in [-0.05, 0) is 44.1 Å². The van der Waals surface area contributed by atoms with Crippen LogP contribution in [0.4, 0.5) is 0 Å². The van der Waals surface area contributed by atoms with Crippen LogP contribution in [0, 0.1) is 5.92 Å². The Labute approximate surface area is 165 Å². The number of halogens is 1. The lowest BCUT2D eigenvalue weighted by Crippen LogP contribution is -2.40. The number of dihydropyridines is 1. The molecule has 0 saturated carbocycles. The molecule has 1 aliphatic rings. The van der Waals surface area contributed by atoms with Gasteiger partial charge in [0.1, 0.15) is 5.82 Å². The molecule has 2 atom stereocenters. The third kappa shape index (κ3) is 5.57. The first-order valence-electron chi connectivity index (χ1n) is 9.17. The first kappa shape index (κ1) is 21.0. The van der Waals surface area contributed by atoms with Crippen LogP contribution in [0.15, 0.2) is 35.8 Å². The van der Waals surface area contributed by atoms with E-state index in [1.54, 1.807) is 12.3 Å². The van der Waals surface area contributed by atoms with E-state index in [0.717, 1.165) is 17.7 Å². The molecule has 1 aliphatic heterocycles. The molecule has 3 N–H and O–H groups in total. The predicted molar refractivity (Wildman–Crippen MR) is 107 cm³/mol. The summed E-state index contributed by atoms with van der Waals surface area (Å²) in [5.41, 5.74) is 2.17. The third-order valence-corrected chi connectivity index (χ3v) is 4.61. The molecule has 146 valence electrons. The largest absolute Gasteiger partial charge is 0.366 e. The number of carbonyl (C=O) groups is 2. The van der Waals surface area contributed by atoms with Crippen LogP contribution in [0.25, 0.3) is 0 Å². The monoisotopic (exact) mass is 390 g/mol. The van der Waals surface area contributed by atoms with E-state index in [9.17, 15) is 9.59 Å². The molecule has 2 heterocycles. The van der Waals surface area contributed by atoms with Gasteiger partial charge in [0.15, 0.2) is 0 Å². The van der Waals surface area contributed by atoms with Crippen molar-refractivity contribution in [1.29, 1.82) is 0 Å². The highest BCUT2D eigenvalue weighted by atomic mass is 35.5. The molecule has 0 spiro atoms. The van der Waals surface area contributed by atoms with Crippen molar-refractivity contribution in [2.45, 2.75) is 53.1 Å². The summed E-state index contributed by atoms with van der Waals surface area (Å²) in [5, 5.41) is 9.50. The van der Waals surface area contributed by atoms with Crippen molar-refractivity contribution in [1.82, 2.24) is 20.9 Å². The highest BCUT2D eigenvalue weighted by Gasteiger charge is 2.20. The molecule has 1 unspecified atom stereocenters. The lowest BCUT2D eigenvalue weighted by Gasteiger charge is -2.23. The molecule has 1 aromatic rings. The van der Waals surface area contributed by atoms with Crippen molar-refractivity contribution >= 4 is 23.4 Å². The van der Waals surface area contributed by atoms with Crippen molar-refractivity contribution in [3.05, 3.63) is 52.1 Å². The van der Waals surface area contributed by atoms with Gasteiger partial charge in [-0.15, -0.1) is 0 Å². The molecule has 2 amide bonds. The Kier molecular flexibility index (Phi) is 7.02. The zero-order valence-corrected chi connectivity index (χ0v) is 17.1. The molecule has 0 saturated heterocycles. The molecule has 6 nitrogen and oxygen atoms in total. The standard InChI is InChI=1S/C20H27ClN4O2/c1-6-17-16(21)8-15(10-22-17)13(5)24-20(27)14-7-12(4)23-18(9-14)25-19(26)11(2)3/h7-13,23H,6H2,1-5H3,(H,24,27)(H,25,26)/t12-,13?/m0/s1. The molecule has 27 heavy (non-hydrogen) atoms. The molecule has 1 aromatic heterocycles. The number of amides is 2. The van der Waals surface area contributed by atoms with E-state index in [0.29, 0.717) is 16.4 Å². The first-order valence-corrected chi connectivity index (χ1v) is 9.55. The number of nitrogens with one attached hydrogen (secondary N) is 3. The van der Waals surface area contributed by atoms with Gasteiger partial charge in [0.2, 0.25) is 5.91 Å². The molecule has 0 aromatic carbocycles. The number of hydrogen-bond acceptors (Lipinski definition) is 4. The van der Waals surface area contributed by atoms with Gasteiger partial charge < -0.3 is 16.0 Å². The highest BCUT2D eigenvalue weighted by Crippen LogP contribution is 2.21. The molecule has 0 aliphatic carbocycles. The van der Waals surface area contributed by atoms with Gasteiger partial charge in [-0.25, -0.2) is 0 Å². The van der Waals surface area contributed by atoms with Crippen molar-refractivity contribution in [2.24, 2.45) is 5.92 Å². The molecular weight excluding hydrogens is 364 g/mol. The Bertz CT molecular complexity index is 786. The maximum Gasteiger partial charge on any atom is 0.251 e. The summed E-state index contributed by atoms with van der Waals surface area (Å²) < 4.78 is 0. The molecular formula is C20H27ClN4O2. The van der Waals surface area contributed by atoms with E-state index < -0.39 is 0 Å². The Morgan fingerprint density at radius 3 is 2.63 bits per heavy atom. The van der Waals surface area contributed by atoms with Gasteiger partial charge in [-0.3, -0.25) is 14.6 Å². The number of carbonyl (C=O) groups excluding carboxylic acids is 2. The maximum atomic E-state index is 12.7. The van der Waals surface area contributed by atoms with E-state index in [2.05, 4.69) is 20.9 Å². The number of aromatic nitrogens is 1. The van der Waals surface area contributed by atoms with Crippen LogP contribution in [0.2, 0.25) is 5.02 Å². The minimum absolute atomic E-state index is 0.0755. The zero-order chi connectivity index (χ0) is 20.1. The number of nitrogens with zero attached hydrogens (tertiary/aromatic N) is 1. The third-order valence-electron chi connectivity index (χ3n) is 4.28. The van der Waals surface area contributed by atoms with Crippen LogP contribution in [-0.4, -0.2) is 22.8 Å². The van der Waals surface area contributed by atoms with Gasteiger partial charge in [0, 0.05) is 23.7 Å². The van der Waals surface area contributed by atoms with E-state index in [1.165, 1.54) is 0 Å². The average molecular weight is 391 g/mol. The number of aryl methyl sites for hydroxylation is 1. The average Bonchev–Trinajstić information content (AvgIpc) is 2.60. The summed E-state index contributed by atoms with van der Waals surface area (Å²) in [4.78, 5) is 28.9. The summed E-state index contributed by atoms with van der Waals surface area (Å²) in [7, 11) is 0. The number of rotatable bonds is 6. The minimum Gasteiger partial charge on any atom is -0.366 e. The molecule has 0 bridgehead atoms. The van der Waals surface area contributed by atoms with Crippen LogP contribution >= 0.6 is 11.6 Å². The van der Waals surface area contributed by atoms with E-state index in [4.69, 9.17) is 11.6 Å². The van der Waals surface area contributed by atoms with Crippen LogP contribution in [0.1, 0.15) is 51.9 Å². The maximum absolute atomic E-state index is 12.7. The summed E-state index contributed by atoms with van der Waals surface area (Å²) >= 11 is 6.23. The van der Waals surface area contributed by atoms with E-state index >= 15 is 0 Å². The van der Waals surface area contributed by atoms with E-state index in [1.807, 2.05) is 46.8 Å². The van der Waals surface area contributed by atoms with Gasteiger partial charge in [0.05, 0.1) is 16.8 Å². The second-order valence-corrected chi connectivity index (χ2v) is 7.41. The Morgan fingerprint density at radius 1 is 1.33 bits per heavy atom. The second-order valence-electron chi connectivity index (χ2n) is 7.00. The van der Waals surface area contributed by atoms with Crippen molar-refractivity contribution in [3.63, 3.8) is 0 Å². The Morgan fingerprint density at radius 2 is 2.04 bits per heavy atom. The fourth-order valence-electron chi connectivity index (χ4n) is 2.63. The summed E-state index contributed by atoms with van der Waals surface area (Å²) in [6, 6.07) is 1.51. The fourth-order valence-corrected chi connectivity index (χ4v) is 2.94. The first-order chi connectivity index (χ1) is 12.7. The van der Waals surface area contributed by atoms with Crippen molar-refractivity contribution < 1.29 is 9.59 Å². The summed E-state index contributed by atoms with van der Waals surface area (Å²) in [5.74, 6) is 0.0589. The Hall–Kier alpha value is -2.34. The summed E-state index contributed by atoms with van der Waals surface area (Å²) in [6.07, 6.45) is 5.96. The van der Waals surface area contributed by atoms with Gasteiger partial charge in [-0.2, -0.15) is 0 Å². The zero-order valence-electron chi connectivity index (χ0n) is 16.4. The number of hydrogen-bond donors (Lipinski definition) is 3. The quantitative estimate of drug-likeness (QED) is 0.697. The molecule has 0 radical (unpaired) electrons. The summed E-state index contributed by atoms with van der Waals surface area (Å²) in [6.45, 7) is 9.42. The predicted octanol–water partition coefficient (Wildman–Crippen LogP) is 3.01. The van der Waals surface area contributed by atoms with Gasteiger partial charge in [-0.1, -0.05) is 32.4 Å². The second kappa shape index (κ2) is 9.04. The van der Waals surface area contributed by atoms with Gasteiger partial charge >= 0.3 is 0 Å². The highest BCUT2D eigenvalue weighted by molar-refractivity contribution is 6.31. The molecule has 0 fully saturated rings. The normalized spacial score (nSPS) is 17.5. The minimum atomic E-state index is -0.249. The van der Waals surface area contributed by atoms with Gasteiger partial charge in [0.25, 0.3) is 5.91 Å². The molecule has 7 heteroatoms. The van der Waals surface area contributed by atoms with E-state index in [-0.39, 0.29) is 29.8 Å². The fraction of sp³-hybridized carbons (Fsp3) is 0.450. The molecule has 2 rings (SSSR count). The Balaban J connectivity index is 2.10. The smallest absolute Gasteiger partial charge is 0.251 e.